The second-order valence-corrected chi connectivity index (χ2v) is 12.9. The van der Waals surface area contributed by atoms with Gasteiger partial charge in [0.1, 0.15) is 0 Å². The fraction of sp³-hybridized carbons (Fsp3) is 0.0682. The molecule has 0 bridgehead atoms. The predicted molar refractivity (Wildman–Crippen MR) is 194 cm³/mol. The van der Waals surface area contributed by atoms with E-state index in [1.165, 1.54) is 43.8 Å². The Labute approximate surface area is 274 Å². The average molecular weight is 602 g/mol. The number of benzene rings is 6. The van der Waals surface area contributed by atoms with E-state index in [9.17, 15) is 0 Å². The van der Waals surface area contributed by atoms with Crippen molar-refractivity contribution >= 4 is 21.5 Å². The van der Waals surface area contributed by atoms with E-state index >= 15 is 0 Å². The minimum atomic E-state index is -0.0295. The summed E-state index contributed by atoms with van der Waals surface area (Å²) in [7, 11) is 0. The first-order valence-electron chi connectivity index (χ1n) is 16.1. The van der Waals surface area contributed by atoms with Crippen LogP contribution in [0.15, 0.2) is 152 Å². The number of aromatic nitrogens is 3. The molecule has 3 heteroatoms. The third kappa shape index (κ3) is 4.54. The molecule has 0 amide bonds. The summed E-state index contributed by atoms with van der Waals surface area (Å²) < 4.78 is 0. The molecule has 6 aromatic carbocycles. The lowest BCUT2D eigenvalue weighted by Gasteiger charge is -2.21. The van der Waals surface area contributed by atoms with Gasteiger partial charge in [0.2, 0.25) is 0 Å². The number of pyridine rings is 1. The highest BCUT2D eigenvalue weighted by atomic mass is 14.9. The van der Waals surface area contributed by atoms with Gasteiger partial charge < -0.3 is 0 Å². The highest BCUT2D eigenvalue weighted by Gasteiger charge is 2.35. The van der Waals surface area contributed by atoms with Crippen LogP contribution in [0.1, 0.15) is 25.0 Å². The topological polar surface area (TPSA) is 38.7 Å². The third-order valence-electron chi connectivity index (χ3n) is 9.77. The standard InChI is InChI=1S/C44H31N3/c1-44(2)39-13-7-6-12-35(39)38-25-37-32(24-40(38)44)20-16-29-17-21-33(23-36(29)37)42-26-41(30-9-4-3-5-10-30)46-43(47-42)31-18-14-28(15-19-31)34-11-8-22-45-27-34/h3-27H,1-2H3. The molecule has 1 aliphatic rings. The quantitative estimate of drug-likeness (QED) is 0.188. The second kappa shape index (κ2) is 10.6. The smallest absolute Gasteiger partial charge is 0.160 e. The zero-order valence-corrected chi connectivity index (χ0v) is 26.3. The second-order valence-electron chi connectivity index (χ2n) is 12.9. The van der Waals surface area contributed by atoms with Gasteiger partial charge in [0.15, 0.2) is 5.82 Å². The lowest BCUT2D eigenvalue weighted by Crippen LogP contribution is -2.14. The largest absolute Gasteiger partial charge is 0.264 e. The molecule has 0 aliphatic heterocycles. The summed E-state index contributed by atoms with van der Waals surface area (Å²) in [6.07, 6.45) is 3.68. The van der Waals surface area contributed by atoms with E-state index in [-0.39, 0.29) is 5.41 Å². The summed E-state index contributed by atoms with van der Waals surface area (Å²) in [4.78, 5) is 14.5. The van der Waals surface area contributed by atoms with Gasteiger partial charge in [-0.3, -0.25) is 4.98 Å². The summed E-state index contributed by atoms with van der Waals surface area (Å²) in [6, 6.07) is 49.8. The van der Waals surface area contributed by atoms with Crippen molar-refractivity contribution in [1.82, 2.24) is 15.0 Å². The van der Waals surface area contributed by atoms with E-state index in [0.29, 0.717) is 5.82 Å². The van der Waals surface area contributed by atoms with Crippen molar-refractivity contribution in [2.24, 2.45) is 0 Å². The highest BCUT2D eigenvalue weighted by molar-refractivity contribution is 6.11. The number of rotatable bonds is 4. The Kier molecular flexibility index (Phi) is 6.16. The van der Waals surface area contributed by atoms with Crippen LogP contribution in [0.5, 0.6) is 0 Å². The van der Waals surface area contributed by atoms with E-state index in [1.807, 2.05) is 18.3 Å². The van der Waals surface area contributed by atoms with Crippen molar-refractivity contribution in [3.05, 3.63) is 163 Å². The van der Waals surface area contributed by atoms with Crippen molar-refractivity contribution in [2.45, 2.75) is 19.3 Å². The fourth-order valence-electron chi connectivity index (χ4n) is 7.24. The molecule has 3 nitrogen and oxygen atoms in total. The van der Waals surface area contributed by atoms with Gasteiger partial charge in [-0.25, -0.2) is 9.97 Å². The SMILES string of the molecule is CC1(C)c2ccccc2-c2cc3c(ccc4ccc(-c5cc(-c6ccccc6)nc(-c6ccc(-c7cccnc7)cc6)n5)cc43)cc21. The van der Waals surface area contributed by atoms with Gasteiger partial charge in [0.25, 0.3) is 0 Å². The first-order valence-corrected chi connectivity index (χ1v) is 16.1. The Balaban J connectivity index is 1.21. The molecule has 0 saturated heterocycles. The molecule has 0 radical (unpaired) electrons. The van der Waals surface area contributed by atoms with E-state index < -0.39 is 0 Å². The number of hydrogen-bond acceptors (Lipinski definition) is 3. The van der Waals surface area contributed by atoms with Crippen LogP contribution in [0.4, 0.5) is 0 Å². The summed E-state index contributed by atoms with van der Waals surface area (Å²) in [5, 5.41) is 4.97. The summed E-state index contributed by atoms with van der Waals surface area (Å²) >= 11 is 0. The van der Waals surface area contributed by atoms with Crippen molar-refractivity contribution in [1.29, 1.82) is 0 Å². The number of hydrogen-bond donors (Lipinski definition) is 0. The summed E-state index contributed by atoms with van der Waals surface area (Å²) in [6.45, 7) is 4.68. The van der Waals surface area contributed by atoms with Crippen LogP contribution in [-0.2, 0) is 5.41 Å². The van der Waals surface area contributed by atoms with Crippen molar-refractivity contribution < 1.29 is 0 Å². The zero-order valence-electron chi connectivity index (χ0n) is 26.3. The first kappa shape index (κ1) is 27.4. The molecule has 0 atom stereocenters. The molecule has 9 rings (SSSR count). The lowest BCUT2D eigenvalue weighted by atomic mass is 9.81. The maximum Gasteiger partial charge on any atom is 0.160 e. The first-order chi connectivity index (χ1) is 23.0. The van der Waals surface area contributed by atoms with Gasteiger partial charge in [-0.1, -0.05) is 123 Å². The van der Waals surface area contributed by atoms with Crippen molar-refractivity contribution in [3.8, 4) is 56.2 Å². The Hall–Kier alpha value is -5.93. The van der Waals surface area contributed by atoms with Crippen LogP contribution < -0.4 is 0 Å². The molecule has 0 fully saturated rings. The van der Waals surface area contributed by atoms with Gasteiger partial charge in [-0.15, -0.1) is 0 Å². The highest BCUT2D eigenvalue weighted by Crippen LogP contribution is 2.50. The van der Waals surface area contributed by atoms with E-state index in [0.717, 1.165) is 39.2 Å². The maximum absolute atomic E-state index is 5.17. The number of fused-ring (bicyclic) bond motifs is 6. The van der Waals surface area contributed by atoms with E-state index in [2.05, 4.69) is 146 Å². The monoisotopic (exact) mass is 601 g/mol. The minimum absolute atomic E-state index is 0.0295. The summed E-state index contributed by atoms with van der Waals surface area (Å²) in [5.41, 5.74) is 12.5. The summed E-state index contributed by atoms with van der Waals surface area (Å²) in [5.74, 6) is 0.703. The minimum Gasteiger partial charge on any atom is -0.264 e. The molecule has 222 valence electrons. The molecule has 0 N–H and O–H groups in total. The molecule has 8 aromatic rings. The van der Waals surface area contributed by atoms with Crippen LogP contribution in [-0.4, -0.2) is 15.0 Å². The third-order valence-corrected chi connectivity index (χ3v) is 9.77. The molecule has 2 heterocycles. The Morgan fingerprint density at radius 3 is 1.91 bits per heavy atom. The molecule has 0 spiro atoms. The van der Waals surface area contributed by atoms with Crippen LogP contribution in [0.2, 0.25) is 0 Å². The van der Waals surface area contributed by atoms with Crippen molar-refractivity contribution in [3.63, 3.8) is 0 Å². The predicted octanol–water partition coefficient (Wildman–Crippen LogP) is 11.2. The van der Waals surface area contributed by atoms with E-state index in [1.54, 1.807) is 6.20 Å². The lowest BCUT2D eigenvalue weighted by molar-refractivity contribution is 0.661. The van der Waals surface area contributed by atoms with Gasteiger partial charge in [0.05, 0.1) is 11.4 Å². The van der Waals surface area contributed by atoms with Crippen LogP contribution in [0, 0.1) is 0 Å². The maximum atomic E-state index is 5.17. The van der Waals surface area contributed by atoms with Crippen LogP contribution >= 0.6 is 0 Å². The van der Waals surface area contributed by atoms with Gasteiger partial charge >= 0.3 is 0 Å². The molecule has 0 unspecified atom stereocenters. The van der Waals surface area contributed by atoms with E-state index in [4.69, 9.17) is 9.97 Å². The van der Waals surface area contributed by atoms with Gasteiger partial charge in [0, 0.05) is 34.5 Å². The molecular weight excluding hydrogens is 571 g/mol. The van der Waals surface area contributed by atoms with Crippen LogP contribution in [0.25, 0.3) is 77.7 Å². The molecule has 1 aliphatic carbocycles. The molecule has 47 heavy (non-hydrogen) atoms. The van der Waals surface area contributed by atoms with Crippen LogP contribution in [0.3, 0.4) is 0 Å². The normalized spacial score (nSPS) is 13.1. The Morgan fingerprint density at radius 1 is 0.447 bits per heavy atom. The Bertz CT molecular complexity index is 2460. The Morgan fingerprint density at radius 2 is 1.11 bits per heavy atom. The molecular formula is C44H31N3. The number of nitrogens with zero attached hydrogens (tertiary/aromatic N) is 3. The average Bonchev–Trinajstić information content (AvgIpc) is 3.36. The van der Waals surface area contributed by atoms with Gasteiger partial charge in [-0.05, 0) is 85.3 Å². The van der Waals surface area contributed by atoms with Gasteiger partial charge in [-0.2, -0.15) is 0 Å². The molecule has 2 aromatic heterocycles. The molecule has 0 saturated carbocycles. The zero-order chi connectivity index (χ0) is 31.5. The fourth-order valence-corrected chi connectivity index (χ4v) is 7.24. The van der Waals surface area contributed by atoms with Crippen molar-refractivity contribution in [2.75, 3.05) is 0 Å².